The molecule has 0 aliphatic carbocycles. The summed E-state index contributed by atoms with van der Waals surface area (Å²) in [6, 6.07) is 7.64. The van der Waals surface area contributed by atoms with Gasteiger partial charge in [0, 0.05) is 17.7 Å². The normalized spacial score (nSPS) is 23.0. The molecule has 0 fully saturated rings. The van der Waals surface area contributed by atoms with Gasteiger partial charge < -0.3 is 4.74 Å². The molecule has 1 aromatic carbocycles. The lowest BCUT2D eigenvalue weighted by Crippen LogP contribution is -2.34. The Kier molecular flexibility index (Phi) is 1.59. The Bertz CT molecular complexity index is 467. The number of hydrazone groups is 1. The predicted octanol–water partition coefficient (Wildman–Crippen LogP) is 2.32. The van der Waals surface area contributed by atoms with E-state index < -0.39 is 0 Å². The minimum absolute atomic E-state index is 0.0300. The molecule has 4 nitrogen and oxygen atoms in total. The van der Waals surface area contributed by atoms with Crippen LogP contribution < -0.4 is 4.74 Å². The summed E-state index contributed by atoms with van der Waals surface area (Å²) in [5.41, 5.74) is 2.01. The van der Waals surface area contributed by atoms with Crippen molar-refractivity contribution in [1.82, 2.24) is 5.01 Å². The summed E-state index contributed by atoms with van der Waals surface area (Å²) in [5, 5.41) is 5.59. The molecule has 0 aromatic heterocycles. The summed E-state index contributed by atoms with van der Waals surface area (Å²) < 4.78 is 5.17. The van der Waals surface area contributed by atoms with Crippen LogP contribution in [-0.2, 0) is 0 Å². The summed E-state index contributed by atoms with van der Waals surface area (Å²) in [7, 11) is 0. The molecule has 3 rings (SSSR count). The molecule has 4 heteroatoms. The van der Waals surface area contributed by atoms with Crippen molar-refractivity contribution in [3.8, 4) is 5.75 Å². The van der Waals surface area contributed by atoms with E-state index in [2.05, 4.69) is 5.10 Å². The molecular formula is C11H10N2O2. The van der Waals surface area contributed by atoms with Gasteiger partial charge in [0.15, 0.2) is 0 Å². The standard InChI is InChI=1S/C11H10N2O2/c1-7-6-9-8-4-2-3-5-10(8)15-11(14)13(9)12-7/h2-5,9H,6H2,1H3/t9-/m0/s1. The minimum Gasteiger partial charge on any atom is -0.409 e. The molecule has 1 atom stereocenters. The van der Waals surface area contributed by atoms with Crippen LogP contribution in [0.25, 0.3) is 0 Å². The van der Waals surface area contributed by atoms with Crippen LogP contribution >= 0.6 is 0 Å². The van der Waals surface area contributed by atoms with Crippen molar-refractivity contribution in [3.63, 3.8) is 0 Å². The van der Waals surface area contributed by atoms with Crippen molar-refractivity contribution < 1.29 is 9.53 Å². The van der Waals surface area contributed by atoms with Crippen LogP contribution in [0.1, 0.15) is 24.9 Å². The predicted molar refractivity (Wildman–Crippen MR) is 54.8 cm³/mol. The van der Waals surface area contributed by atoms with E-state index in [4.69, 9.17) is 4.74 Å². The Morgan fingerprint density at radius 2 is 2.27 bits per heavy atom. The van der Waals surface area contributed by atoms with E-state index in [0.717, 1.165) is 17.7 Å². The van der Waals surface area contributed by atoms with Crippen LogP contribution in [-0.4, -0.2) is 16.8 Å². The number of ether oxygens (including phenoxy) is 1. The number of amides is 1. The van der Waals surface area contributed by atoms with Crippen LogP contribution in [0.4, 0.5) is 4.79 Å². The summed E-state index contributed by atoms with van der Waals surface area (Å²) in [4.78, 5) is 11.6. The highest BCUT2D eigenvalue weighted by Gasteiger charge is 2.38. The first-order chi connectivity index (χ1) is 7.25. The van der Waals surface area contributed by atoms with Crippen molar-refractivity contribution >= 4 is 11.8 Å². The van der Waals surface area contributed by atoms with Crippen molar-refractivity contribution in [3.05, 3.63) is 29.8 Å². The number of benzene rings is 1. The van der Waals surface area contributed by atoms with Gasteiger partial charge in [-0.1, -0.05) is 18.2 Å². The summed E-state index contributed by atoms with van der Waals surface area (Å²) in [6.45, 7) is 1.92. The number of nitrogens with zero attached hydrogens (tertiary/aromatic N) is 2. The lowest BCUT2D eigenvalue weighted by Gasteiger charge is -2.28. The van der Waals surface area contributed by atoms with E-state index in [1.54, 1.807) is 0 Å². The molecule has 0 spiro atoms. The average Bonchev–Trinajstić information content (AvgIpc) is 2.61. The zero-order valence-electron chi connectivity index (χ0n) is 8.30. The van der Waals surface area contributed by atoms with Gasteiger partial charge in [-0.15, -0.1) is 0 Å². The number of carbonyl (C=O) groups is 1. The third-order valence-corrected chi connectivity index (χ3v) is 2.72. The van der Waals surface area contributed by atoms with Crippen LogP contribution in [0.3, 0.4) is 0 Å². The summed E-state index contributed by atoms with van der Waals surface area (Å²) in [5.74, 6) is 0.661. The van der Waals surface area contributed by atoms with Crippen molar-refractivity contribution in [1.29, 1.82) is 0 Å². The van der Waals surface area contributed by atoms with Crippen LogP contribution in [0.2, 0.25) is 0 Å². The molecule has 1 amide bonds. The first kappa shape index (κ1) is 8.47. The van der Waals surface area contributed by atoms with Gasteiger partial charge in [0.2, 0.25) is 0 Å². The first-order valence-electron chi connectivity index (χ1n) is 4.90. The maximum Gasteiger partial charge on any atom is 0.436 e. The van der Waals surface area contributed by atoms with Crippen molar-refractivity contribution in [2.45, 2.75) is 19.4 Å². The van der Waals surface area contributed by atoms with Crippen molar-refractivity contribution in [2.75, 3.05) is 0 Å². The summed E-state index contributed by atoms with van der Waals surface area (Å²) >= 11 is 0. The Labute approximate surface area is 87.1 Å². The smallest absolute Gasteiger partial charge is 0.409 e. The summed E-state index contributed by atoms with van der Waals surface area (Å²) in [6.07, 6.45) is 0.419. The van der Waals surface area contributed by atoms with Gasteiger partial charge in [0.05, 0.1) is 6.04 Å². The monoisotopic (exact) mass is 202 g/mol. The molecule has 0 N–H and O–H groups in total. The molecule has 15 heavy (non-hydrogen) atoms. The maximum absolute atomic E-state index is 11.6. The van der Waals surface area contributed by atoms with E-state index in [1.807, 2.05) is 31.2 Å². The van der Waals surface area contributed by atoms with Crippen molar-refractivity contribution in [2.24, 2.45) is 5.10 Å². The van der Waals surface area contributed by atoms with Gasteiger partial charge in [-0.25, -0.2) is 4.79 Å². The highest BCUT2D eigenvalue weighted by molar-refractivity contribution is 5.88. The highest BCUT2D eigenvalue weighted by Crippen LogP contribution is 2.39. The minimum atomic E-state index is -0.379. The molecule has 0 unspecified atom stereocenters. The largest absolute Gasteiger partial charge is 0.436 e. The van der Waals surface area contributed by atoms with E-state index in [-0.39, 0.29) is 12.1 Å². The van der Waals surface area contributed by atoms with Gasteiger partial charge in [0.25, 0.3) is 0 Å². The number of carbonyl (C=O) groups excluding carboxylic acids is 1. The molecule has 2 aliphatic heterocycles. The third-order valence-electron chi connectivity index (χ3n) is 2.72. The van der Waals surface area contributed by atoms with Gasteiger partial charge in [0.1, 0.15) is 5.75 Å². The Morgan fingerprint density at radius 3 is 3.13 bits per heavy atom. The lowest BCUT2D eigenvalue weighted by atomic mass is 10.0. The Balaban J connectivity index is 2.11. The van der Waals surface area contributed by atoms with Crippen LogP contribution in [0.15, 0.2) is 29.4 Å². The van der Waals surface area contributed by atoms with E-state index >= 15 is 0 Å². The first-order valence-corrected chi connectivity index (χ1v) is 4.90. The number of hydrogen-bond acceptors (Lipinski definition) is 3. The highest BCUT2D eigenvalue weighted by atomic mass is 16.6. The average molecular weight is 202 g/mol. The van der Waals surface area contributed by atoms with Gasteiger partial charge in [-0.3, -0.25) is 0 Å². The second-order valence-corrected chi connectivity index (χ2v) is 3.81. The molecule has 2 aliphatic rings. The van der Waals surface area contributed by atoms with E-state index in [9.17, 15) is 4.79 Å². The molecule has 0 saturated carbocycles. The van der Waals surface area contributed by atoms with Gasteiger partial charge in [-0.05, 0) is 13.0 Å². The SMILES string of the molecule is CC1=NN2C(=O)Oc3ccccc3[C@@H]2C1. The zero-order valence-corrected chi connectivity index (χ0v) is 8.30. The lowest BCUT2D eigenvalue weighted by molar-refractivity contribution is 0.127. The second-order valence-electron chi connectivity index (χ2n) is 3.81. The van der Waals surface area contributed by atoms with Crippen LogP contribution in [0, 0.1) is 0 Å². The van der Waals surface area contributed by atoms with E-state index in [1.165, 1.54) is 5.01 Å². The fourth-order valence-electron chi connectivity index (χ4n) is 2.06. The molecule has 0 bridgehead atoms. The second kappa shape index (κ2) is 2.82. The van der Waals surface area contributed by atoms with Gasteiger partial charge >= 0.3 is 6.09 Å². The number of para-hydroxylation sites is 1. The van der Waals surface area contributed by atoms with E-state index in [0.29, 0.717) is 5.75 Å². The Hall–Kier alpha value is -1.84. The Morgan fingerprint density at radius 1 is 1.47 bits per heavy atom. The number of hydrogen-bond donors (Lipinski definition) is 0. The van der Waals surface area contributed by atoms with Gasteiger partial charge in [-0.2, -0.15) is 10.1 Å². The topological polar surface area (TPSA) is 41.9 Å². The molecule has 76 valence electrons. The molecule has 2 heterocycles. The molecular weight excluding hydrogens is 192 g/mol. The fourth-order valence-corrected chi connectivity index (χ4v) is 2.06. The number of fused-ring (bicyclic) bond motifs is 3. The molecule has 0 radical (unpaired) electrons. The number of rotatable bonds is 0. The zero-order chi connectivity index (χ0) is 10.4. The molecule has 0 saturated heterocycles. The fraction of sp³-hybridized carbons (Fsp3) is 0.273. The van der Waals surface area contributed by atoms with Crippen LogP contribution in [0.5, 0.6) is 5.75 Å². The maximum atomic E-state index is 11.6. The third kappa shape index (κ3) is 1.14. The molecule has 1 aromatic rings. The quantitative estimate of drug-likeness (QED) is 0.647.